The van der Waals surface area contributed by atoms with Gasteiger partial charge in [-0.25, -0.2) is 0 Å². The van der Waals surface area contributed by atoms with Gasteiger partial charge in [-0.05, 0) is 0 Å². The predicted octanol–water partition coefficient (Wildman–Crippen LogP) is -0.210. The summed E-state index contributed by atoms with van der Waals surface area (Å²) < 4.78 is 4.54. The first-order chi connectivity index (χ1) is 4.66. The van der Waals surface area contributed by atoms with E-state index >= 15 is 0 Å². The predicted molar refractivity (Wildman–Crippen MR) is 34.8 cm³/mol. The van der Waals surface area contributed by atoms with Gasteiger partial charge < -0.3 is 10.5 Å². The molecule has 0 spiro atoms. The lowest BCUT2D eigenvalue weighted by atomic mass is 10.3. The van der Waals surface area contributed by atoms with Crippen LogP contribution in [-0.4, -0.2) is 18.6 Å². The van der Waals surface area contributed by atoms with Crippen molar-refractivity contribution in [2.75, 3.05) is 6.61 Å². The van der Waals surface area contributed by atoms with E-state index in [4.69, 9.17) is 11.0 Å². The van der Waals surface area contributed by atoms with Crippen LogP contribution >= 0.6 is 0 Å². The third-order valence-corrected chi connectivity index (χ3v) is 0.900. The minimum atomic E-state index is -0.528. The van der Waals surface area contributed by atoms with Crippen LogP contribution in [0.5, 0.6) is 0 Å². The van der Waals surface area contributed by atoms with E-state index in [0.29, 0.717) is 6.42 Å². The lowest BCUT2D eigenvalue weighted by Crippen LogP contribution is -2.19. The van der Waals surface area contributed by atoms with Gasteiger partial charge in [-0.2, -0.15) is 5.26 Å². The second-order valence-electron chi connectivity index (χ2n) is 1.86. The van der Waals surface area contributed by atoms with E-state index in [1.165, 1.54) is 6.92 Å². The van der Waals surface area contributed by atoms with Crippen molar-refractivity contribution in [2.45, 2.75) is 19.4 Å². The molecular weight excluding hydrogens is 132 g/mol. The van der Waals surface area contributed by atoms with Crippen LogP contribution in [0.25, 0.3) is 0 Å². The number of rotatable bonds is 3. The molecule has 4 nitrogen and oxygen atoms in total. The second kappa shape index (κ2) is 4.77. The highest BCUT2D eigenvalue weighted by atomic mass is 16.5. The maximum atomic E-state index is 10.2. The number of carbonyl (C=O) groups excluding carboxylic acids is 1. The summed E-state index contributed by atoms with van der Waals surface area (Å²) in [4.78, 5) is 10.2. The third kappa shape index (κ3) is 5.06. The molecule has 0 aliphatic heterocycles. The Hall–Kier alpha value is -1.08. The molecule has 0 saturated carbocycles. The van der Waals surface area contributed by atoms with E-state index in [2.05, 4.69) is 4.74 Å². The van der Waals surface area contributed by atoms with Gasteiger partial charge in [0.15, 0.2) is 0 Å². The Morgan fingerprint density at radius 2 is 2.50 bits per heavy atom. The summed E-state index contributed by atoms with van der Waals surface area (Å²) >= 11 is 0. The molecule has 1 atom stereocenters. The Kier molecular flexibility index (Phi) is 4.25. The molecule has 56 valence electrons. The number of nitriles is 1. The quantitative estimate of drug-likeness (QED) is 0.553. The SMILES string of the molecule is CC(=O)OCCC(N)C#N. The average Bonchev–Trinajstić information content (AvgIpc) is 1.87. The van der Waals surface area contributed by atoms with Crippen LogP contribution in [0.2, 0.25) is 0 Å². The van der Waals surface area contributed by atoms with E-state index in [1.54, 1.807) is 0 Å². The molecule has 0 saturated heterocycles. The van der Waals surface area contributed by atoms with Crippen LogP contribution in [0, 0.1) is 11.3 Å². The van der Waals surface area contributed by atoms with Gasteiger partial charge in [0.2, 0.25) is 0 Å². The van der Waals surface area contributed by atoms with Crippen molar-refractivity contribution >= 4 is 5.97 Å². The van der Waals surface area contributed by atoms with Gasteiger partial charge >= 0.3 is 5.97 Å². The number of carbonyl (C=O) groups is 1. The van der Waals surface area contributed by atoms with E-state index in [-0.39, 0.29) is 12.6 Å². The van der Waals surface area contributed by atoms with Crippen molar-refractivity contribution in [2.24, 2.45) is 5.73 Å². The number of hydrogen-bond donors (Lipinski definition) is 1. The van der Waals surface area contributed by atoms with E-state index < -0.39 is 6.04 Å². The van der Waals surface area contributed by atoms with Gasteiger partial charge in [-0.3, -0.25) is 4.79 Å². The molecule has 0 fully saturated rings. The fourth-order valence-electron chi connectivity index (χ4n) is 0.394. The van der Waals surface area contributed by atoms with Crippen molar-refractivity contribution in [3.8, 4) is 6.07 Å². The van der Waals surface area contributed by atoms with E-state index in [0.717, 1.165) is 0 Å². The molecule has 4 heteroatoms. The van der Waals surface area contributed by atoms with Gasteiger partial charge in [0.05, 0.1) is 18.7 Å². The Morgan fingerprint density at radius 1 is 1.90 bits per heavy atom. The number of esters is 1. The van der Waals surface area contributed by atoms with Crippen LogP contribution < -0.4 is 5.73 Å². The van der Waals surface area contributed by atoms with Crippen LogP contribution in [0.1, 0.15) is 13.3 Å². The van der Waals surface area contributed by atoms with Gasteiger partial charge in [0, 0.05) is 13.3 Å². The lowest BCUT2D eigenvalue weighted by molar-refractivity contribution is -0.141. The minimum absolute atomic E-state index is 0.226. The molecule has 2 N–H and O–H groups in total. The molecule has 0 rings (SSSR count). The summed E-state index contributed by atoms with van der Waals surface area (Å²) in [6.07, 6.45) is 0.399. The molecule has 0 heterocycles. The highest BCUT2D eigenvalue weighted by molar-refractivity contribution is 5.65. The fraction of sp³-hybridized carbons (Fsp3) is 0.667. The molecule has 1 unspecified atom stereocenters. The van der Waals surface area contributed by atoms with Crippen LogP contribution in [0.3, 0.4) is 0 Å². The molecule has 0 aliphatic rings. The summed E-state index contributed by atoms with van der Waals surface area (Å²) in [5.41, 5.74) is 5.21. The number of hydrogen-bond acceptors (Lipinski definition) is 4. The van der Waals surface area contributed by atoms with Crippen molar-refractivity contribution < 1.29 is 9.53 Å². The average molecular weight is 142 g/mol. The first-order valence-electron chi connectivity index (χ1n) is 2.95. The second-order valence-corrected chi connectivity index (χ2v) is 1.86. The standard InChI is InChI=1S/C6H10N2O2/c1-5(9)10-3-2-6(8)4-7/h6H,2-3,8H2,1H3. The van der Waals surface area contributed by atoms with Crippen LogP contribution in [-0.2, 0) is 9.53 Å². The summed E-state index contributed by atoms with van der Waals surface area (Å²) in [7, 11) is 0. The molecule has 0 amide bonds. The Labute approximate surface area is 59.6 Å². The first-order valence-corrected chi connectivity index (χ1v) is 2.95. The maximum absolute atomic E-state index is 10.2. The topological polar surface area (TPSA) is 76.1 Å². The number of nitrogens with zero attached hydrogens (tertiary/aromatic N) is 1. The van der Waals surface area contributed by atoms with Gasteiger partial charge in [-0.15, -0.1) is 0 Å². The van der Waals surface area contributed by atoms with E-state index in [1.807, 2.05) is 6.07 Å². The maximum Gasteiger partial charge on any atom is 0.302 e. The molecular formula is C6H10N2O2. The summed E-state index contributed by atoms with van der Waals surface area (Å²) in [6.45, 7) is 1.54. The normalized spacial score (nSPS) is 11.7. The highest BCUT2D eigenvalue weighted by Gasteiger charge is 1.99. The molecule has 0 aromatic carbocycles. The van der Waals surface area contributed by atoms with Crippen LogP contribution in [0.4, 0.5) is 0 Å². The Balaban J connectivity index is 3.22. The van der Waals surface area contributed by atoms with Crippen molar-refractivity contribution in [3.05, 3.63) is 0 Å². The highest BCUT2D eigenvalue weighted by Crippen LogP contribution is 1.87. The van der Waals surface area contributed by atoms with Crippen LogP contribution in [0.15, 0.2) is 0 Å². The largest absolute Gasteiger partial charge is 0.466 e. The zero-order chi connectivity index (χ0) is 7.98. The lowest BCUT2D eigenvalue weighted by Gasteiger charge is -2.01. The molecule has 0 aromatic heterocycles. The smallest absolute Gasteiger partial charge is 0.302 e. The Bertz CT molecular complexity index is 150. The zero-order valence-electron chi connectivity index (χ0n) is 5.83. The molecule has 0 aromatic rings. The monoisotopic (exact) mass is 142 g/mol. The zero-order valence-corrected chi connectivity index (χ0v) is 5.83. The minimum Gasteiger partial charge on any atom is -0.466 e. The molecule has 10 heavy (non-hydrogen) atoms. The molecule has 0 aliphatic carbocycles. The molecule has 0 bridgehead atoms. The Morgan fingerprint density at radius 3 is 2.90 bits per heavy atom. The van der Waals surface area contributed by atoms with Gasteiger partial charge in [0.25, 0.3) is 0 Å². The van der Waals surface area contributed by atoms with Gasteiger partial charge in [-0.1, -0.05) is 0 Å². The van der Waals surface area contributed by atoms with Gasteiger partial charge in [0.1, 0.15) is 0 Å². The first kappa shape index (κ1) is 8.92. The summed E-state index contributed by atoms with van der Waals surface area (Å²) in [6, 6.07) is 1.30. The van der Waals surface area contributed by atoms with Crippen molar-refractivity contribution in [1.82, 2.24) is 0 Å². The summed E-state index contributed by atoms with van der Waals surface area (Å²) in [5, 5.41) is 8.18. The molecule has 0 radical (unpaired) electrons. The summed E-state index contributed by atoms with van der Waals surface area (Å²) in [5.74, 6) is -0.342. The number of ether oxygens (including phenoxy) is 1. The van der Waals surface area contributed by atoms with Crippen molar-refractivity contribution in [1.29, 1.82) is 5.26 Å². The van der Waals surface area contributed by atoms with Crippen molar-refractivity contribution in [3.63, 3.8) is 0 Å². The third-order valence-electron chi connectivity index (χ3n) is 0.900. The van der Waals surface area contributed by atoms with E-state index in [9.17, 15) is 4.79 Å². The fourth-order valence-corrected chi connectivity index (χ4v) is 0.394. The number of nitrogens with two attached hydrogens (primary N) is 1.